The molecule has 0 aliphatic heterocycles. The molecule has 0 saturated heterocycles. The number of anilines is 3. The molecule has 10 rings (SSSR count). The number of fused-ring (bicyclic) bond motifs is 9. The summed E-state index contributed by atoms with van der Waals surface area (Å²) in [6, 6.07) is 64.6. The summed E-state index contributed by atoms with van der Waals surface area (Å²) in [5.74, 6) is 0. The van der Waals surface area contributed by atoms with E-state index in [1.807, 2.05) is 11.3 Å². The van der Waals surface area contributed by atoms with Crippen LogP contribution in [0, 0.1) is 0 Å². The van der Waals surface area contributed by atoms with Crippen LogP contribution in [-0.2, 0) is 0 Å². The summed E-state index contributed by atoms with van der Waals surface area (Å²) in [4.78, 5) is 2.47. The Morgan fingerprint density at radius 3 is 1.79 bits per heavy atom. The van der Waals surface area contributed by atoms with E-state index in [1.54, 1.807) is 0 Å². The van der Waals surface area contributed by atoms with Gasteiger partial charge in [0.15, 0.2) is 0 Å². The molecule has 2 heteroatoms. The van der Waals surface area contributed by atoms with Gasteiger partial charge in [-0.05, 0) is 91.3 Å². The quantitative estimate of drug-likeness (QED) is 0.176. The van der Waals surface area contributed by atoms with E-state index in [2.05, 4.69) is 181 Å². The van der Waals surface area contributed by atoms with E-state index in [1.165, 1.54) is 80.1 Å². The molecule has 0 fully saturated rings. The molecule has 0 aliphatic rings. The number of benzene rings is 9. The zero-order chi connectivity index (χ0) is 31.6. The lowest BCUT2D eigenvalue weighted by Gasteiger charge is -2.28. The highest BCUT2D eigenvalue weighted by molar-refractivity contribution is 7.25. The fourth-order valence-electron chi connectivity index (χ4n) is 7.51. The first-order chi connectivity index (χ1) is 23.8. The van der Waals surface area contributed by atoms with Crippen molar-refractivity contribution in [3.05, 3.63) is 176 Å². The zero-order valence-electron chi connectivity index (χ0n) is 26.1. The topological polar surface area (TPSA) is 3.24 Å². The maximum atomic E-state index is 2.47. The Morgan fingerprint density at radius 2 is 0.958 bits per heavy atom. The summed E-state index contributed by atoms with van der Waals surface area (Å²) in [5, 5.41) is 12.8. The predicted molar refractivity (Wildman–Crippen MR) is 209 cm³/mol. The molecule has 1 heterocycles. The molecule has 0 bridgehead atoms. The minimum absolute atomic E-state index is 1.13. The Balaban J connectivity index is 1.27. The van der Waals surface area contributed by atoms with Crippen molar-refractivity contribution in [3.63, 3.8) is 0 Å². The summed E-state index contributed by atoms with van der Waals surface area (Å²) in [6.07, 6.45) is 0. The monoisotopic (exact) mass is 627 g/mol. The van der Waals surface area contributed by atoms with Gasteiger partial charge in [-0.2, -0.15) is 0 Å². The van der Waals surface area contributed by atoms with Gasteiger partial charge >= 0.3 is 0 Å². The average molecular weight is 628 g/mol. The smallest absolute Gasteiger partial charge is 0.0546 e. The maximum Gasteiger partial charge on any atom is 0.0546 e. The largest absolute Gasteiger partial charge is 0.310 e. The van der Waals surface area contributed by atoms with Crippen LogP contribution < -0.4 is 4.90 Å². The molecule has 48 heavy (non-hydrogen) atoms. The predicted octanol–water partition coefficient (Wildman–Crippen LogP) is 13.8. The molecule has 1 aromatic heterocycles. The van der Waals surface area contributed by atoms with Crippen LogP contribution in [-0.4, -0.2) is 0 Å². The maximum absolute atomic E-state index is 2.47. The number of rotatable bonds is 4. The first kappa shape index (κ1) is 27.2. The molecule has 10 aromatic rings. The number of thiophene rings is 1. The molecular weight excluding hydrogens is 599 g/mol. The van der Waals surface area contributed by atoms with Gasteiger partial charge in [0.25, 0.3) is 0 Å². The normalized spacial score (nSPS) is 11.8. The van der Waals surface area contributed by atoms with Gasteiger partial charge in [-0.15, -0.1) is 11.3 Å². The van der Waals surface area contributed by atoms with Gasteiger partial charge in [-0.1, -0.05) is 133 Å². The van der Waals surface area contributed by atoms with E-state index in [9.17, 15) is 0 Å². The van der Waals surface area contributed by atoms with Gasteiger partial charge in [0, 0.05) is 36.9 Å². The van der Waals surface area contributed by atoms with Crippen LogP contribution in [0.15, 0.2) is 176 Å². The van der Waals surface area contributed by atoms with E-state index in [4.69, 9.17) is 0 Å². The van der Waals surface area contributed by atoms with E-state index in [0.717, 1.165) is 11.4 Å². The zero-order valence-corrected chi connectivity index (χ0v) is 26.9. The third-order valence-electron chi connectivity index (χ3n) is 9.76. The van der Waals surface area contributed by atoms with Crippen LogP contribution in [0.3, 0.4) is 0 Å². The molecule has 9 aromatic carbocycles. The lowest BCUT2D eigenvalue weighted by atomic mass is 9.94. The third-order valence-corrected chi connectivity index (χ3v) is 10.9. The Labute approximate surface area is 282 Å². The molecule has 0 atom stereocenters. The Kier molecular flexibility index (Phi) is 6.12. The Morgan fingerprint density at radius 1 is 0.333 bits per heavy atom. The summed E-state index contributed by atoms with van der Waals surface area (Å²) in [6.45, 7) is 0. The van der Waals surface area contributed by atoms with Crippen molar-refractivity contribution in [2.24, 2.45) is 0 Å². The van der Waals surface area contributed by atoms with Gasteiger partial charge in [0.05, 0.1) is 5.69 Å². The van der Waals surface area contributed by atoms with Gasteiger partial charge < -0.3 is 4.90 Å². The van der Waals surface area contributed by atoms with Crippen molar-refractivity contribution in [1.29, 1.82) is 0 Å². The van der Waals surface area contributed by atoms with Crippen molar-refractivity contribution >= 4 is 91.7 Å². The van der Waals surface area contributed by atoms with Crippen LogP contribution in [0.2, 0.25) is 0 Å². The van der Waals surface area contributed by atoms with Crippen molar-refractivity contribution in [2.75, 3.05) is 4.90 Å². The summed E-state index contributed by atoms with van der Waals surface area (Å²) in [5.41, 5.74) is 5.86. The van der Waals surface area contributed by atoms with Crippen molar-refractivity contribution < 1.29 is 0 Å². The molecule has 0 saturated carbocycles. The van der Waals surface area contributed by atoms with Crippen molar-refractivity contribution in [2.45, 2.75) is 0 Å². The highest BCUT2D eigenvalue weighted by Gasteiger charge is 2.20. The van der Waals surface area contributed by atoms with Gasteiger partial charge in [-0.3, -0.25) is 0 Å². The van der Waals surface area contributed by atoms with E-state index in [0.29, 0.717) is 0 Å². The first-order valence-electron chi connectivity index (χ1n) is 16.4. The van der Waals surface area contributed by atoms with Gasteiger partial charge in [0.1, 0.15) is 0 Å². The molecule has 224 valence electrons. The molecule has 0 radical (unpaired) electrons. The fourth-order valence-corrected chi connectivity index (χ4v) is 8.68. The van der Waals surface area contributed by atoms with Crippen molar-refractivity contribution in [3.8, 4) is 11.1 Å². The molecular formula is C46H29NS. The Hall–Kier alpha value is -5.96. The SMILES string of the molecule is c1ccc(-c2cccc(N(c3ccc4c(c3)sc3cc5ccccc5cc34)c3cc4ccccc4c4c3ccc3ccccc34)c2)cc1. The van der Waals surface area contributed by atoms with E-state index in [-0.39, 0.29) is 0 Å². The molecule has 0 aliphatic carbocycles. The number of nitrogens with zero attached hydrogens (tertiary/aromatic N) is 1. The molecule has 0 amide bonds. The van der Waals surface area contributed by atoms with E-state index < -0.39 is 0 Å². The second kappa shape index (κ2) is 10.8. The highest BCUT2D eigenvalue weighted by atomic mass is 32.1. The summed E-state index contributed by atoms with van der Waals surface area (Å²) in [7, 11) is 0. The van der Waals surface area contributed by atoms with Gasteiger partial charge in [0.2, 0.25) is 0 Å². The summed E-state index contributed by atoms with van der Waals surface area (Å²) < 4.78 is 2.61. The lowest BCUT2D eigenvalue weighted by Crippen LogP contribution is -2.11. The van der Waals surface area contributed by atoms with Gasteiger partial charge in [-0.25, -0.2) is 0 Å². The van der Waals surface area contributed by atoms with Crippen molar-refractivity contribution in [1.82, 2.24) is 0 Å². The minimum atomic E-state index is 1.13. The third kappa shape index (κ3) is 4.31. The van der Waals surface area contributed by atoms with Crippen LogP contribution in [0.25, 0.3) is 74.4 Å². The minimum Gasteiger partial charge on any atom is -0.310 e. The lowest BCUT2D eigenvalue weighted by molar-refractivity contribution is 1.31. The Bertz CT molecular complexity index is 2830. The standard InChI is InChI=1S/C46H29NS/c1-2-11-30(12-3-1)32-17-10-18-36(25-32)47(37-22-24-40-42-26-33-14-4-5-15-34(33)28-44(42)48-45(40)29-37)43-27-35-16-7-9-20-39(35)46-38-19-8-6-13-31(38)21-23-41(43)46/h1-29H. The van der Waals surface area contributed by atoms with Crippen LogP contribution >= 0.6 is 11.3 Å². The second-order valence-corrected chi connectivity index (χ2v) is 13.6. The van der Waals surface area contributed by atoms with E-state index >= 15 is 0 Å². The second-order valence-electron chi connectivity index (χ2n) is 12.6. The average Bonchev–Trinajstić information content (AvgIpc) is 3.50. The molecule has 1 nitrogen and oxygen atoms in total. The molecule has 0 spiro atoms. The first-order valence-corrected chi connectivity index (χ1v) is 17.2. The van der Waals surface area contributed by atoms with Crippen LogP contribution in [0.4, 0.5) is 17.1 Å². The molecule has 0 N–H and O–H groups in total. The van der Waals surface area contributed by atoms with Crippen LogP contribution in [0.5, 0.6) is 0 Å². The fraction of sp³-hybridized carbons (Fsp3) is 0. The summed E-state index contributed by atoms with van der Waals surface area (Å²) >= 11 is 1.88. The number of hydrogen-bond donors (Lipinski definition) is 0. The van der Waals surface area contributed by atoms with Crippen LogP contribution in [0.1, 0.15) is 0 Å². The molecule has 0 unspecified atom stereocenters. The highest BCUT2D eigenvalue weighted by Crippen LogP contribution is 2.46. The number of hydrogen-bond acceptors (Lipinski definition) is 2.